The highest BCUT2D eigenvalue weighted by molar-refractivity contribution is 5.94. The van der Waals surface area contributed by atoms with Crippen molar-refractivity contribution < 1.29 is 9.90 Å². The first-order chi connectivity index (χ1) is 11.0. The first kappa shape index (κ1) is 15.7. The fraction of sp³-hybridized carbons (Fsp3) is 0.444. The van der Waals surface area contributed by atoms with Crippen LogP contribution in [0.4, 0.5) is 0 Å². The Morgan fingerprint density at radius 1 is 1.35 bits per heavy atom. The molecule has 122 valence electrons. The van der Waals surface area contributed by atoms with Crippen LogP contribution >= 0.6 is 0 Å². The average Bonchev–Trinajstić information content (AvgIpc) is 3.16. The molecule has 0 radical (unpaired) electrons. The minimum absolute atomic E-state index is 0.0525. The van der Waals surface area contributed by atoms with Gasteiger partial charge >= 0.3 is 0 Å². The molecule has 0 saturated heterocycles. The number of amides is 1. The van der Waals surface area contributed by atoms with Crippen LogP contribution in [0.25, 0.3) is 5.69 Å². The Balaban J connectivity index is 2.02. The quantitative estimate of drug-likeness (QED) is 0.940. The third-order valence-corrected chi connectivity index (χ3v) is 4.66. The molecule has 1 aromatic heterocycles. The molecule has 1 aliphatic carbocycles. The molecule has 1 amide bonds. The summed E-state index contributed by atoms with van der Waals surface area (Å²) in [5.41, 5.74) is 4.92. The molecule has 0 bridgehead atoms. The number of fused-ring (bicyclic) bond motifs is 1. The zero-order valence-corrected chi connectivity index (χ0v) is 13.9. The van der Waals surface area contributed by atoms with Crippen LogP contribution in [-0.2, 0) is 12.8 Å². The smallest absolute Gasteiger partial charge is 0.274 e. The summed E-state index contributed by atoms with van der Waals surface area (Å²) in [4.78, 5) is 14.3. The Hall–Kier alpha value is -2.14. The van der Waals surface area contributed by atoms with Crippen molar-refractivity contribution >= 4 is 5.91 Å². The number of carbonyl (C=O) groups excluding carboxylic acids is 1. The maximum absolute atomic E-state index is 12.7. The Kier molecular flexibility index (Phi) is 4.22. The van der Waals surface area contributed by atoms with Crippen molar-refractivity contribution in [3.05, 3.63) is 46.8 Å². The van der Waals surface area contributed by atoms with E-state index < -0.39 is 0 Å². The molecule has 0 fully saturated rings. The van der Waals surface area contributed by atoms with Crippen LogP contribution in [0.1, 0.15) is 40.7 Å². The topological polar surface area (TPSA) is 58.4 Å². The van der Waals surface area contributed by atoms with Crippen molar-refractivity contribution in [1.82, 2.24) is 14.7 Å². The summed E-state index contributed by atoms with van der Waals surface area (Å²) in [6, 6.07) is 7.97. The van der Waals surface area contributed by atoms with E-state index in [0.29, 0.717) is 5.69 Å². The van der Waals surface area contributed by atoms with E-state index >= 15 is 0 Å². The summed E-state index contributed by atoms with van der Waals surface area (Å²) >= 11 is 0. The summed E-state index contributed by atoms with van der Waals surface area (Å²) in [5, 5.41) is 13.9. The molecular weight excluding hydrogens is 290 g/mol. The van der Waals surface area contributed by atoms with Crippen LogP contribution in [0, 0.1) is 6.92 Å². The Morgan fingerprint density at radius 2 is 2.04 bits per heavy atom. The van der Waals surface area contributed by atoms with Gasteiger partial charge in [-0.3, -0.25) is 4.79 Å². The third kappa shape index (κ3) is 2.77. The molecule has 5 heteroatoms. The molecule has 1 atom stereocenters. The molecule has 1 N–H and O–H groups in total. The maximum atomic E-state index is 12.7. The van der Waals surface area contributed by atoms with Crippen LogP contribution in [0.2, 0.25) is 0 Å². The molecule has 23 heavy (non-hydrogen) atoms. The van der Waals surface area contributed by atoms with Gasteiger partial charge in [0.15, 0.2) is 5.69 Å². The molecule has 1 aromatic carbocycles. The normalized spacial score (nSPS) is 14.6. The number of aryl methyl sites for hydroxylation is 1. The SMILES string of the molecule is Cc1ccc(-n2nc(C(=O)N(C)C(C)CO)c3c2CCC3)cc1. The molecule has 2 aromatic rings. The summed E-state index contributed by atoms with van der Waals surface area (Å²) < 4.78 is 1.91. The Morgan fingerprint density at radius 3 is 2.70 bits per heavy atom. The lowest BCUT2D eigenvalue weighted by Gasteiger charge is -2.22. The minimum atomic E-state index is -0.218. The van der Waals surface area contributed by atoms with E-state index in [0.717, 1.165) is 36.2 Å². The Labute approximate surface area is 136 Å². The number of hydrogen-bond donors (Lipinski definition) is 1. The molecule has 0 aliphatic heterocycles. The first-order valence-electron chi connectivity index (χ1n) is 8.08. The van der Waals surface area contributed by atoms with E-state index in [-0.39, 0.29) is 18.6 Å². The van der Waals surface area contributed by atoms with E-state index in [2.05, 4.69) is 24.2 Å². The minimum Gasteiger partial charge on any atom is -0.394 e. The van der Waals surface area contributed by atoms with Gasteiger partial charge in [0, 0.05) is 18.3 Å². The highest BCUT2D eigenvalue weighted by Gasteiger charge is 2.29. The van der Waals surface area contributed by atoms with Crippen LogP contribution in [0.3, 0.4) is 0 Å². The highest BCUT2D eigenvalue weighted by Crippen LogP contribution is 2.28. The summed E-state index contributed by atoms with van der Waals surface area (Å²) in [6.07, 6.45) is 2.89. The van der Waals surface area contributed by atoms with E-state index in [9.17, 15) is 9.90 Å². The predicted octanol–water partition coefficient (Wildman–Crippen LogP) is 2.12. The van der Waals surface area contributed by atoms with Crippen LogP contribution in [0.15, 0.2) is 24.3 Å². The van der Waals surface area contributed by atoms with Crippen molar-refractivity contribution in [2.24, 2.45) is 0 Å². The number of hydrogen-bond acceptors (Lipinski definition) is 3. The fourth-order valence-corrected chi connectivity index (χ4v) is 3.00. The zero-order valence-electron chi connectivity index (χ0n) is 13.9. The summed E-state index contributed by atoms with van der Waals surface area (Å²) in [7, 11) is 1.72. The highest BCUT2D eigenvalue weighted by atomic mass is 16.3. The van der Waals surface area contributed by atoms with Crippen LogP contribution in [-0.4, -0.2) is 45.4 Å². The van der Waals surface area contributed by atoms with Crippen LogP contribution in [0.5, 0.6) is 0 Å². The van der Waals surface area contributed by atoms with Crippen molar-refractivity contribution in [1.29, 1.82) is 0 Å². The van der Waals surface area contributed by atoms with E-state index in [4.69, 9.17) is 0 Å². The standard InChI is InChI=1S/C18H23N3O2/c1-12-7-9-14(10-8-12)21-16-6-4-5-15(16)17(19-21)18(23)20(3)13(2)11-22/h7-10,13,22H,4-6,11H2,1-3H3. The number of likely N-dealkylation sites (N-methyl/N-ethyl adjacent to an activating group) is 1. The van der Waals surface area contributed by atoms with Gasteiger partial charge in [-0.2, -0.15) is 5.10 Å². The van der Waals surface area contributed by atoms with Gasteiger partial charge < -0.3 is 10.0 Å². The maximum Gasteiger partial charge on any atom is 0.274 e. The number of rotatable bonds is 4. The molecular formula is C18H23N3O2. The van der Waals surface area contributed by atoms with Gasteiger partial charge in [0.1, 0.15) is 0 Å². The van der Waals surface area contributed by atoms with E-state index in [1.165, 1.54) is 5.56 Å². The van der Waals surface area contributed by atoms with Crippen molar-refractivity contribution in [3.63, 3.8) is 0 Å². The number of aliphatic hydroxyl groups excluding tert-OH is 1. The van der Waals surface area contributed by atoms with Crippen molar-refractivity contribution in [2.45, 2.75) is 39.2 Å². The predicted molar refractivity (Wildman–Crippen MR) is 89.0 cm³/mol. The van der Waals surface area contributed by atoms with E-state index in [1.54, 1.807) is 11.9 Å². The fourth-order valence-electron chi connectivity index (χ4n) is 3.00. The van der Waals surface area contributed by atoms with Gasteiger partial charge in [0.05, 0.1) is 18.3 Å². The molecule has 1 heterocycles. The molecule has 3 rings (SSSR count). The largest absolute Gasteiger partial charge is 0.394 e. The van der Waals surface area contributed by atoms with Gasteiger partial charge in [-0.1, -0.05) is 17.7 Å². The number of carbonyl (C=O) groups is 1. The lowest BCUT2D eigenvalue weighted by atomic mass is 10.1. The van der Waals surface area contributed by atoms with Crippen molar-refractivity contribution in [2.75, 3.05) is 13.7 Å². The van der Waals surface area contributed by atoms with Gasteiger partial charge in [0.2, 0.25) is 0 Å². The van der Waals surface area contributed by atoms with Crippen molar-refractivity contribution in [3.8, 4) is 5.69 Å². The molecule has 0 saturated carbocycles. The average molecular weight is 313 g/mol. The number of benzene rings is 1. The zero-order chi connectivity index (χ0) is 16.6. The lowest BCUT2D eigenvalue weighted by molar-refractivity contribution is 0.0675. The van der Waals surface area contributed by atoms with E-state index in [1.807, 2.05) is 23.7 Å². The summed E-state index contributed by atoms with van der Waals surface area (Å²) in [6.45, 7) is 3.83. The molecule has 0 spiro atoms. The molecule has 5 nitrogen and oxygen atoms in total. The second-order valence-corrected chi connectivity index (χ2v) is 6.32. The molecule has 1 unspecified atom stereocenters. The van der Waals surface area contributed by atoms with Gasteiger partial charge in [-0.05, 0) is 45.2 Å². The lowest BCUT2D eigenvalue weighted by Crippen LogP contribution is -2.38. The Bertz CT molecular complexity index is 719. The number of aromatic nitrogens is 2. The second-order valence-electron chi connectivity index (χ2n) is 6.32. The summed E-state index contributed by atoms with van der Waals surface area (Å²) in [5.74, 6) is -0.115. The molecule has 1 aliphatic rings. The third-order valence-electron chi connectivity index (χ3n) is 4.66. The number of nitrogens with zero attached hydrogens (tertiary/aromatic N) is 3. The monoisotopic (exact) mass is 313 g/mol. The van der Waals surface area contributed by atoms with Crippen LogP contribution < -0.4 is 0 Å². The first-order valence-corrected chi connectivity index (χ1v) is 8.08. The second kappa shape index (κ2) is 6.16. The van der Waals surface area contributed by atoms with Gasteiger partial charge in [-0.25, -0.2) is 4.68 Å². The van der Waals surface area contributed by atoms with Gasteiger partial charge in [-0.15, -0.1) is 0 Å². The van der Waals surface area contributed by atoms with Gasteiger partial charge in [0.25, 0.3) is 5.91 Å². The number of aliphatic hydroxyl groups is 1.